The number of rotatable bonds is 6. The zero-order valence-electron chi connectivity index (χ0n) is 11.9. The Hall–Kier alpha value is -0.770. The fraction of sp³-hybridized carbons (Fsp3) is 0.625. The van der Waals surface area contributed by atoms with Crippen LogP contribution in [0.25, 0.3) is 0 Å². The fourth-order valence-electron chi connectivity index (χ4n) is 2.53. The van der Waals surface area contributed by atoms with Crippen molar-refractivity contribution in [1.82, 2.24) is 10.2 Å². The molecule has 0 atom stereocenters. The van der Waals surface area contributed by atoms with Crippen LogP contribution in [-0.2, 0) is 6.42 Å². The molecular weight excluding hydrogens is 272 g/mol. The lowest BCUT2D eigenvalue weighted by atomic mass is 10.1. The second-order valence-electron chi connectivity index (χ2n) is 5.86. The van der Waals surface area contributed by atoms with Gasteiger partial charge in [0.1, 0.15) is 5.75 Å². The van der Waals surface area contributed by atoms with E-state index in [0.29, 0.717) is 0 Å². The SMILES string of the molecule is Clc1cc(CCN2CCNCC2)ccc1OCC1CC1. The van der Waals surface area contributed by atoms with E-state index in [4.69, 9.17) is 16.3 Å². The topological polar surface area (TPSA) is 24.5 Å². The molecule has 1 N–H and O–H groups in total. The van der Waals surface area contributed by atoms with Gasteiger partial charge in [-0.2, -0.15) is 0 Å². The monoisotopic (exact) mass is 294 g/mol. The van der Waals surface area contributed by atoms with Gasteiger partial charge in [0.25, 0.3) is 0 Å². The van der Waals surface area contributed by atoms with E-state index in [2.05, 4.69) is 22.3 Å². The quantitative estimate of drug-likeness (QED) is 0.873. The molecular formula is C16H23ClN2O. The smallest absolute Gasteiger partial charge is 0.137 e. The van der Waals surface area contributed by atoms with Crippen LogP contribution < -0.4 is 10.1 Å². The molecule has 110 valence electrons. The fourth-order valence-corrected chi connectivity index (χ4v) is 2.79. The first-order valence-corrected chi connectivity index (χ1v) is 8.03. The van der Waals surface area contributed by atoms with E-state index in [1.807, 2.05) is 6.07 Å². The van der Waals surface area contributed by atoms with E-state index in [9.17, 15) is 0 Å². The number of ether oxygens (including phenoxy) is 1. The Morgan fingerprint density at radius 2 is 2.05 bits per heavy atom. The van der Waals surface area contributed by atoms with Crippen LogP contribution in [0.1, 0.15) is 18.4 Å². The predicted octanol–water partition coefficient (Wildman–Crippen LogP) is 2.58. The van der Waals surface area contributed by atoms with E-state index < -0.39 is 0 Å². The summed E-state index contributed by atoms with van der Waals surface area (Å²) in [5, 5.41) is 4.13. The molecule has 1 aliphatic carbocycles. The molecule has 0 amide bonds. The molecule has 4 heteroatoms. The van der Waals surface area contributed by atoms with E-state index in [1.54, 1.807) is 0 Å². The van der Waals surface area contributed by atoms with Crippen molar-refractivity contribution in [3.8, 4) is 5.75 Å². The van der Waals surface area contributed by atoms with Gasteiger partial charge in [0, 0.05) is 32.7 Å². The number of nitrogens with zero attached hydrogens (tertiary/aromatic N) is 1. The first kappa shape index (κ1) is 14.2. The van der Waals surface area contributed by atoms with Crippen molar-refractivity contribution < 1.29 is 4.74 Å². The van der Waals surface area contributed by atoms with Gasteiger partial charge in [0.05, 0.1) is 11.6 Å². The molecule has 1 saturated heterocycles. The van der Waals surface area contributed by atoms with E-state index in [-0.39, 0.29) is 0 Å². The molecule has 2 fully saturated rings. The van der Waals surface area contributed by atoms with Gasteiger partial charge >= 0.3 is 0 Å². The first-order chi connectivity index (χ1) is 9.81. The van der Waals surface area contributed by atoms with Crippen molar-refractivity contribution in [3.05, 3.63) is 28.8 Å². The van der Waals surface area contributed by atoms with Crippen LogP contribution in [0, 0.1) is 5.92 Å². The third-order valence-corrected chi connectivity index (χ3v) is 4.39. The minimum Gasteiger partial charge on any atom is -0.492 e. The summed E-state index contributed by atoms with van der Waals surface area (Å²) in [6, 6.07) is 6.24. The molecule has 1 saturated carbocycles. The van der Waals surface area contributed by atoms with Crippen LogP contribution in [0.3, 0.4) is 0 Å². The van der Waals surface area contributed by atoms with Gasteiger partial charge in [-0.3, -0.25) is 0 Å². The van der Waals surface area contributed by atoms with Crippen LogP contribution in [0.5, 0.6) is 5.75 Å². The van der Waals surface area contributed by atoms with Gasteiger partial charge in [0.15, 0.2) is 0 Å². The summed E-state index contributed by atoms with van der Waals surface area (Å²) < 4.78 is 5.76. The standard InChI is InChI=1S/C16H23ClN2O/c17-15-11-13(5-8-19-9-6-18-7-10-19)3-4-16(15)20-12-14-1-2-14/h3-4,11,14,18H,1-2,5-10,12H2. The third kappa shape index (κ3) is 4.11. The summed E-state index contributed by atoms with van der Waals surface area (Å²) in [6.45, 7) is 6.44. The first-order valence-electron chi connectivity index (χ1n) is 7.65. The van der Waals surface area contributed by atoms with Crippen molar-refractivity contribution in [2.24, 2.45) is 5.92 Å². The normalized spacial score (nSPS) is 20.1. The van der Waals surface area contributed by atoms with Crippen molar-refractivity contribution in [1.29, 1.82) is 0 Å². The lowest BCUT2D eigenvalue weighted by Crippen LogP contribution is -2.44. The van der Waals surface area contributed by atoms with Crippen molar-refractivity contribution in [3.63, 3.8) is 0 Å². The summed E-state index contributed by atoms with van der Waals surface area (Å²) in [5.41, 5.74) is 1.30. The van der Waals surface area contributed by atoms with Crippen molar-refractivity contribution >= 4 is 11.6 Å². The largest absolute Gasteiger partial charge is 0.492 e. The maximum Gasteiger partial charge on any atom is 0.137 e. The Bertz CT molecular complexity index is 442. The maximum atomic E-state index is 6.31. The zero-order valence-corrected chi connectivity index (χ0v) is 12.7. The Balaban J connectivity index is 1.49. The van der Waals surface area contributed by atoms with Crippen LogP contribution in [0.4, 0.5) is 0 Å². The second-order valence-corrected chi connectivity index (χ2v) is 6.27. The van der Waals surface area contributed by atoms with E-state index in [1.165, 1.54) is 18.4 Å². The molecule has 1 aliphatic heterocycles. The van der Waals surface area contributed by atoms with Crippen molar-refractivity contribution in [2.45, 2.75) is 19.3 Å². The van der Waals surface area contributed by atoms with Gasteiger partial charge in [-0.25, -0.2) is 0 Å². The summed E-state index contributed by atoms with van der Waals surface area (Å²) in [5.74, 6) is 1.60. The number of piperazine rings is 1. The minimum absolute atomic E-state index is 0.753. The molecule has 1 aromatic rings. The number of nitrogens with one attached hydrogen (secondary N) is 1. The van der Waals surface area contributed by atoms with Crippen LogP contribution in [0.15, 0.2) is 18.2 Å². The summed E-state index contributed by atoms with van der Waals surface area (Å²) >= 11 is 6.31. The highest BCUT2D eigenvalue weighted by molar-refractivity contribution is 6.32. The molecule has 3 nitrogen and oxygen atoms in total. The lowest BCUT2D eigenvalue weighted by Gasteiger charge is -2.27. The van der Waals surface area contributed by atoms with E-state index in [0.717, 1.165) is 62.4 Å². The number of halogens is 1. The Morgan fingerprint density at radius 3 is 2.75 bits per heavy atom. The molecule has 20 heavy (non-hydrogen) atoms. The molecule has 0 radical (unpaired) electrons. The van der Waals surface area contributed by atoms with Crippen molar-refractivity contribution in [2.75, 3.05) is 39.3 Å². The molecule has 0 bridgehead atoms. The van der Waals surface area contributed by atoms with Gasteiger partial charge in [-0.1, -0.05) is 17.7 Å². The average Bonchev–Trinajstić information content (AvgIpc) is 3.29. The Labute approximate surface area is 126 Å². The molecule has 3 rings (SSSR count). The predicted molar refractivity (Wildman–Crippen MR) is 82.7 cm³/mol. The number of benzene rings is 1. The van der Waals surface area contributed by atoms with E-state index >= 15 is 0 Å². The highest BCUT2D eigenvalue weighted by Crippen LogP contribution is 2.32. The zero-order chi connectivity index (χ0) is 13.8. The number of hydrogen-bond acceptors (Lipinski definition) is 3. The molecule has 1 aromatic carbocycles. The molecule has 0 aromatic heterocycles. The van der Waals surface area contributed by atoms with Gasteiger partial charge in [-0.15, -0.1) is 0 Å². The van der Waals surface area contributed by atoms with Crippen LogP contribution in [0.2, 0.25) is 5.02 Å². The summed E-state index contributed by atoms with van der Waals surface area (Å²) in [4.78, 5) is 2.50. The maximum absolute atomic E-state index is 6.31. The minimum atomic E-state index is 0.753. The molecule has 0 spiro atoms. The summed E-state index contributed by atoms with van der Waals surface area (Å²) in [6.07, 6.45) is 3.67. The van der Waals surface area contributed by atoms with Gasteiger partial charge < -0.3 is 15.0 Å². The van der Waals surface area contributed by atoms with Crippen LogP contribution >= 0.6 is 11.6 Å². The third-order valence-electron chi connectivity index (χ3n) is 4.09. The number of hydrogen-bond donors (Lipinski definition) is 1. The molecule has 0 unspecified atom stereocenters. The summed E-state index contributed by atoms with van der Waals surface area (Å²) in [7, 11) is 0. The Morgan fingerprint density at radius 1 is 1.25 bits per heavy atom. The molecule has 2 aliphatic rings. The van der Waals surface area contributed by atoms with Crippen LogP contribution in [-0.4, -0.2) is 44.2 Å². The highest BCUT2D eigenvalue weighted by atomic mass is 35.5. The second kappa shape index (κ2) is 6.79. The lowest BCUT2D eigenvalue weighted by molar-refractivity contribution is 0.244. The average molecular weight is 295 g/mol. The Kier molecular flexibility index (Phi) is 4.81. The van der Waals surface area contributed by atoms with Gasteiger partial charge in [-0.05, 0) is 42.9 Å². The van der Waals surface area contributed by atoms with Gasteiger partial charge in [0.2, 0.25) is 0 Å². The molecule has 1 heterocycles. The highest BCUT2D eigenvalue weighted by Gasteiger charge is 2.22.